The van der Waals surface area contributed by atoms with Crippen molar-refractivity contribution in [1.82, 2.24) is 0 Å². The Labute approximate surface area is 128 Å². The van der Waals surface area contributed by atoms with Gasteiger partial charge in [0.15, 0.2) is 0 Å². The molecule has 0 aliphatic carbocycles. The molecule has 1 atom stereocenters. The summed E-state index contributed by atoms with van der Waals surface area (Å²) in [5.41, 5.74) is 6.98. The van der Waals surface area contributed by atoms with Gasteiger partial charge in [0, 0.05) is 20.8 Å². The number of hydrogen-bond donors (Lipinski definition) is 1. The van der Waals surface area contributed by atoms with E-state index in [4.69, 9.17) is 40.5 Å². The predicted octanol–water partition coefficient (Wildman–Crippen LogP) is 4.54. The van der Waals surface area contributed by atoms with Crippen molar-refractivity contribution in [1.29, 1.82) is 0 Å². The second kappa shape index (κ2) is 6.14. The van der Waals surface area contributed by atoms with Gasteiger partial charge >= 0.3 is 0 Å². The number of nitrogen functional groups attached to an aromatic ring is 1. The molecule has 2 nitrogen and oxygen atoms in total. The van der Waals surface area contributed by atoms with E-state index in [0.29, 0.717) is 25.7 Å². The molecule has 2 aromatic rings. The quantitative estimate of drug-likeness (QED) is 0.838. The Balaban J connectivity index is 2.25. The van der Waals surface area contributed by atoms with Gasteiger partial charge in [0.1, 0.15) is 0 Å². The van der Waals surface area contributed by atoms with Gasteiger partial charge in [-0.1, -0.05) is 40.9 Å². The van der Waals surface area contributed by atoms with Crippen LogP contribution in [0.2, 0.25) is 15.1 Å². The molecule has 1 unspecified atom stereocenters. The van der Waals surface area contributed by atoms with Gasteiger partial charge in [0.25, 0.3) is 0 Å². The van der Waals surface area contributed by atoms with Gasteiger partial charge in [-0.3, -0.25) is 4.21 Å². The lowest BCUT2D eigenvalue weighted by atomic mass is 10.2. The van der Waals surface area contributed by atoms with Crippen LogP contribution in [0.15, 0.2) is 41.3 Å². The maximum absolute atomic E-state index is 12.3. The van der Waals surface area contributed by atoms with Crippen LogP contribution in [0, 0.1) is 0 Å². The molecule has 0 aromatic heterocycles. The lowest BCUT2D eigenvalue weighted by molar-refractivity contribution is 0.683. The zero-order chi connectivity index (χ0) is 14.0. The third-order valence-corrected chi connectivity index (χ3v) is 4.78. The van der Waals surface area contributed by atoms with Gasteiger partial charge in [-0.2, -0.15) is 0 Å². The van der Waals surface area contributed by atoms with E-state index in [-0.39, 0.29) is 5.75 Å². The van der Waals surface area contributed by atoms with Crippen molar-refractivity contribution >= 4 is 51.3 Å². The fourth-order valence-corrected chi connectivity index (χ4v) is 3.55. The molecule has 100 valence electrons. The maximum Gasteiger partial charge on any atom is 0.0621 e. The van der Waals surface area contributed by atoms with E-state index in [2.05, 4.69) is 0 Å². The summed E-state index contributed by atoms with van der Waals surface area (Å²) in [5.74, 6) is 0.280. The third-order valence-electron chi connectivity index (χ3n) is 2.52. The van der Waals surface area contributed by atoms with Crippen LogP contribution in [0.5, 0.6) is 0 Å². The minimum absolute atomic E-state index is 0.280. The van der Waals surface area contributed by atoms with Crippen LogP contribution in [0.1, 0.15) is 5.56 Å². The highest BCUT2D eigenvalue weighted by atomic mass is 35.5. The number of halogens is 3. The molecule has 0 saturated heterocycles. The Morgan fingerprint density at radius 3 is 2.26 bits per heavy atom. The van der Waals surface area contributed by atoms with Crippen LogP contribution in [0.25, 0.3) is 0 Å². The molecule has 0 spiro atoms. The topological polar surface area (TPSA) is 43.1 Å². The highest BCUT2D eigenvalue weighted by Gasteiger charge is 2.11. The normalized spacial score (nSPS) is 12.4. The molecule has 2 aromatic carbocycles. The first-order chi connectivity index (χ1) is 8.97. The Kier molecular flexibility index (Phi) is 4.74. The number of rotatable bonds is 3. The third kappa shape index (κ3) is 3.63. The fraction of sp³-hybridized carbons (Fsp3) is 0.0769. The molecular formula is C13H10Cl3NOS. The smallest absolute Gasteiger partial charge is 0.0621 e. The first-order valence-electron chi connectivity index (χ1n) is 5.34. The van der Waals surface area contributed by atoms with E-state index in [0.717, 1.165) is 5.56 Å². The summed E-state index contributed by atoms with van der Waals surface area (Å²) in [5, 5.41) is 1.56. The van der Waals surface area contributed by atoms with Crippen molar-refractivity contribution in [2.45, 2.75) is 10.6 Å². The van der Waals surface area contributed by atoms with Crippen molar-refractivity contribution < 1.29 is 4.21 Å². The molecule has 0 heterocycles. The van der Waals surface area contributed by atoms with Crippen molar-refractivity contribution in [3.8, 4) is 0 Å². The molecule has 6 heteroatoms. The lowest BCUT2D eigenvalue weighted by Crippen LogP contribution is -2.01. The Bertz CT molecular complexity index is 646. The van der Waals surface area contributed by atoms with Gasteiger partial charge in [0.05, 0.1) is 21.4 Å². The average Bonchev–Trinajstić information content (AvgIpc) is 2.32. The van der Waals surface area contributed by atoms with Crippen LogP contribution in [0.3, 0.4) is 0 Å². The number of benzene rings is 2. The molecule has 0 amide bonds. The maximum atomic E-state index is 12.3. The SMILES string of the molecule is Nc1cc(Cl)ccc1S(=O)Cc1ccc(Cl)cc1Cl. The monoisotopic (exact) mass is 333 g/mol. The second-order valence-corrected chi connectivity index (χ2v) is 6.61. The molecule has 2 rings (SSSR count). The van der Waals surface area contributed by atoms with E-state index in [1.807, 2.05) is 0 Å². The summed E-state index contributed by atoms with van der Waals surface area (Å²) < 4.78 is 12.3. The molecule has 19 heavy (non-hydrogen) atoms. The number of anilines is 1. The van der Waals surface area contributed by atoms with Crippen LogP contribution in [-0.2, 0) is 16.6 Å². The summed E-state index contributed by atoms with van der Waals surface area (Å²) in [6.45, 7) is 0. The van der Waals surface area contributed by atoms with Crippen molar-refractivity contribution in [2.75, 3.05) is 5.73 Å². The Morgan fingerprint density at radius 2 is 1.63 bits per heavy atom. The summed E-state index contributed by atoms with van der Waals surface area (Å²) in [7, 11) is -1.28. The van der Waals surface area contributed by atoms with E-state index in [1.165, 1.54) is 0 Å². The van der Waals surface area contributed by atoms with Gasteiger partial charge in [-0.15, -0.1) is 0 Å². The number of nitrogens with two attached hydrogens (primary N) is 1. The zero-order valence-electron chi connectivity index (χ0n) is 9.70. The standard InChI is InChI=1S/C13H10Cl3NOS/c14-9-2-1-8(11(16)5-9)7-19(18)13-4-3-10(15)6-12(13)17/h1-6H,7,17H2. The van der Waals surface area contributed by atoms with Crippen molar-refractivity contribution in [3.05, 3.63) is 57.0 Å². The second-order valence-electron chi connectivity index (χ2n) is 3.91. The summed E-state index contributed by atoms with van der Waals surface area (Å²) in [4.78, 5) is 0.551. The summed E-state index contributed by atoms with van der Waals surface area (Å²) >= 11 is 17.7. The molecule has 0 aliphatic rings. The lowest BCUT2D eigenvalue weighted by Gasteiger charge is -2.08. The minimum Gasteiger partial charge on any atom is -0.398 e. The summed E-state index contributed by atoms with van der Waals surface area (Å²) in [6.07, 6.45) is 0. The molecule has 0 bridgehead atoms. The summed E-state index contributed by atoms with van der Waals surface area (Å²) in [6, 6.07) is 10.0. The van der Waals surface area contributed by atoms with Gasteiger partial charge in [0.2, 0.25) is 0 Å². The molecule has 0 radical (unpaired) electrons. The average molecular weight is 335 g/mol. The van der Waals surface area contributed by atoms with E-state index >= 15 is 0 Å². The molecule has 2 N–H and O–H groups in total. The highest BCUT2D eigenvalue weighted by molar-refractivity contribution is 7.84. The fourth-order valence-electron chi connectivity index (χ4n) is 1.58. The first kappa shape index (κ1) is 14.7. The van der Waals surface area contributed by atoms with E-state index in [9.17, 15) is 4.21 Å². The van der Waals surface area contributed by atoms with Crippen LogP contribution < -0.4 is 5.73 Å². The van der Waals surface area contributed by atoms with Crippen molar-refractivity contribution in [2.24, 2.45) is 0 Å². The molecule has 0 fully saturated rings. The molecule has 0 aliphatic heterocycles. The van der Waals surface area contributed by atoms with E-state index in [1.54, 1.807) is 36.4 Å². The largest absolute Gasteiger partial charge is 0.398 e. The van der Waals surface area contributed by atoms with E-state index < -0.39 is 10.8 Å². The zero-order valence-corrected chi connectivity index (χ0v) is 12.8. The Morgan fingerprint density at radius 1 is 1.00 bits per heavy atom. The molecule has 0 saturated carbocycles. The van der Waals surface area contributed by atoms with Gasteiger partial charge in [-0.25, -0.2) is 0 Å². The Hall–Kier alpha value is -0.740. The van der Waals surface area contributed by atoms with Crippen molar-refractivity contribution in [3.63, 3.8) is 0 Å². The van der Waals surface area contributed by atoms with Gasteiger partial charge < -0.3 is 5.73 Å². The number of hydrogen-bond acceptors (Lipinski definition) is 2. The minimum atomic E-state index is -1.28. The molecular weight excluding hydrogens is 325 g/mol. The highest BCUT2D eigenvalue weighted by Crippen LogP contribution is 2.26. The first-order valence-corrected chi connectivity index (χ1v) is 7.80. The van der Waals surface area contributed by atoms with Gasteiger partial charge in [-0.05, 0) is 35.9 Å². The van der Waals surface area contributed by atoms with Crippen LogP contribution >= 0.6 is 34.8 Å². The predicted molar refractivity (Wildman–Crippen MR) is 82.4 cm³/mol. The van der Waals surface area contributed by atoms with Crippen LogP contribution in [-0.4, -0.2) is 4.21 Å². The van der Waals surface area contributed by atoms with Crippen LogP contribution in [0.4, 0.5) is 5.69 Å².